The maximum atomic E-state index is 12.8. The summed E-state index contributed by atoms with van der Waals surface area (Å²) in [7, 11) is 0. The normalized spacial score (nSPS) is 13.8. The number of carbonyl (C=O) groups excluding carboxylic acids is 1. The van der Waals surface area contributed by atoms with Gasteiger partial charge in [0.05, 0.1) is 22.0 Å². The molecule has 1 saturated heterocycles. The van der Waals surface area contributed by atoms with Crippen LogP contribution in [-0.2, 0) is 6.61 Å². The van der Waals surface area contributed by atoms with Gasteiger partial charge in [-0.05, 0) is 50.2 Å². The number of nitrogens with one attached hydrogen (secondary N) is 1. The van der Waals surface area contributed by atoms with E-state index in [2.05, 4.69) is 15.4 Å². The molecule has 1 aliphatic heterocycles. The van der Waals surface area contributed by atoms with E-state index in [0.717, 1.165) is 47.3 Å². The van der Waals surface area contributed by atoms with E-state index in [1.54, 1.807) is 24.3 Å². The van der Waals surface area contributed by atoms with Crippen molar-refractivity contribution in [3.63, 3.8) is 0 Å². The van der Waals surface area contributed by atoms with Crippen molar-refractivity contribution in [3.8, 4) is 5.75 Å². The van der Waals surface area contributed by atoms with Crippen LogP contribution in [0.2, 0.25) is 5.02 Å². The first kappa shape index (κ1) is 21.6. The minimum Gasteiger partial charge on any atom is -0.489 e. The number of aromatic nitrogens is 1. The number of anilines is 2. The second-order valence-electron chi connectivity index (χ2n) is 7.34. The standard InChI is InChI=1S/C23H24ClN3O3S/c1-15-20(16(2)30-26-15)14-29-19-5-3-4-17(12-19)23(28)25-18-6-7-22(21(24)13-18)27-8-10-31-11-9-27/h3-7,12-13H,8-11,14H2,1-2H3,(H,25,28). The molecule has 0 unspecified atom stereocenters. The quantitative estimate of drug-likeness (QED) is 0.539. The molecule has 1 aliphatic rings. The van der Waals surface area contributed by atoms with Crippen LogP contribution in [0.1, 0.15) is 27.4 Å². The van der Waals surface area contributed by atoms with Gasteiger partial charge >= 0.3 is 0 Å². The van der Waals surface area contributed by atoms with Crippen LogP contribution in [0.15, 0.2) is 47.0 Å². The summed E-state index contributed by atoms with van der Waals surface area (Å²) < 4.78 is 11.0. The van der Waals surface area contributed by atoms with Gasteiger partial charge in [-0.2, -0.15) is 11.8 Å². The molecule has 1 fully saturated rings. The molecule has 2 aromatic carbocycles. The molecule has 0 radical (unpaired) electrons. The van der Waals surface area contributed by atoms with Crippen LogP contribution in [-0.4, -0.2) is 35.7 Å². The number of carbonyl (C=O) groups is 1. The largest absolute Gasteiger partial charge is 0.489 e. The van der Waals surface area contributed by atoms with Crippen molar-refractivity contribution < 1.29 is 14.1 Å². The molecule has 0 aliphatic carbocycles. The summed E-state index contributed by atoms with van der Waals surface area (Å²) in [6.07, 6.45) is 0. The zero-order valence-corrected chi connectivity index (χ0v) is 19.1. The van der Waals surface area contributed by atoms with Gasteiger partial charge in [-0.25, -0.2) is 0 Å². The highest BCUT2D eigenvalue weighted by atomic mass is 35.5. The Morgan fingerprint density at radius 2 is 2.03 bits per heavy atom. The molecule has 1 amide bonds. The van der Waals surface area contributed by atoms with Crippen molar-refractivity contribution in [2.24, 2.45) is 0 Å². The Morgan fingerprint density at radius 1 is 1.23 bits per heavy atom. The van der Waals surface area contributed by atoms with E-state index in [-0.39, 0.29) is 5.91 Å². The second-order valence-corrected chi connectivity index (χ2v) is 8.97. The molecule has 31 heavy (non-hydrogen) atoms. The van der Waals surface area contributed by atoms with Gasteiger partial charge in [0.1, 0.15) is 18.1 Å². The highest BCUT2D eigenvalue weighted by molar-refractivity contribution is 7.99. The summed E-state index contributed by atoms with van der Waals surface area (Å²) in [5.74, 6) is 3.31. The number of benzene rings is 2. The topological polar surface area (TPSA) is 67.6 Å². The van der Waals surface area contributed by atoms with Crippen LogP contribution in [0.3, 0.4) is 0 Å². The van der Waals surface area contributed by atoms with Crippen molar-refractivity contribution >= 4 is 40.6 Å². The highest BCUT2D eigenvalue weighted by Crippen LogP contribution is 2.31. The Bertz CT molecular complexity index is 1060. The fraction of sp³-hybridized carbons (Fsp3) is 0.304. The average molecular weight is 458 g/mol. The molecule has 0 saturated carbocycles. The van der Waals surface area contributed by atoms with Crippen molar-refractivity contribution in [2.45, 2.75) is 20.5 Å². The lowest BCUT2D eigenvalue weighted by atomic mass is 10.2. The third-order valence-corrected chi connectivity index (χ3v) is 6.46. The lowest BCUT2D eigenvalue weighted by molar-refractivity contribution is 0.102. The third-order valence-electron chi connectivity index (χ3n) is 5.22. The fourth-order valence-electron chi connectivity index (χ4n) is 3.44. The molecule has 2 heterocycles. The third kappa shape index (κ3) is 5.17. The zero-order chi connectivity index (χ0) is 21.8. The number of thioether (sulfide) groups is 1. The number of rotatable bonds is 6. The Kier molecular flexibility index (Phi) is 6.73. The van der Waals surface area contributed by atoms with Gasteiger partial charge in [-0.15, -0.1) is 0 Å². The molecule has 6 nitrogen and oxygen atoms in total. The number of hydrogen-bond acceptors (Lipinski definition) is 6. The first-order valence-electron chi connectivity index (χ1n) is 10.1. The van der Waals surface area contributed by atoms with Crippen LogP contribution in [0.5, 0.6) is 5.75 Å². The van der Waals surface area contributed by atoms with Crippen LogP contribution in [0.25, 0.3) is 0 Å². The molecule has 4 rings (SSSR count). The van der Waals surface area contributed by atoms with E-state index in [0.29, 0.717) is 28.6 Å². The molecule has 0 atom stereocenters. The molecule has 0 bridgehead atoms. The monoisotopic (exact) mass is 457 g/mol. The van der Waals surface area contributed by atoms with Crippen LogP contribution in [0.4, 0.5) is 11.4 Å². The Hall–Kier alpha value is -2.64. The number of hydrogen-bond donors (Lipinski definition) is 1. The van der Waals surface area contributed by atoms with E-state index < -0.39 is 0 Å². The SMILES string of the molecule is Cc1noc(C)c1COc1cccc(C(=O)Nc2ccc(N3CCSCC3)c(Cl)c2)c1. The zero-order valence-electron chi connectivity index (χ0n) is 17.5. The average Bonchev–Trinajstić information content (AvgIpc) is 3.10. The Morgan fingerprint density at radius 3 is 2.74 bits per heavy atom. The molecular weight excluding hydrogens is 434 g/mol. The summed E-state index contributed by atoms with van der Waals surface area (Å²) >= 11 is 8.45. The van der Waals surface area contributed by atoms with Gasteiger partial charge in [0, 0.05) is 35.8 Å². The molecule has 1 N–H and O–H groups in total. The van der Waals surface area contributed by atoms with E-state index in [9.17, 15) is 4.79 Å². The van der Waals surface area contributed by atoms with Gasteiger partial charge in [0.25, 0.3) is 5.91 Å². The Labute approximate surface area is 190 Å². The number of halogens is 1. The maximum absolute atomic E-state index is 12.8. The fourth-order valence-corrected chi connectivity index (χ4v) is 4.64. The lowest BCUT2D eigenvalue weighted by Crippen LogP contribution is -2.32. The Balaban J connectivity index is 1.41. The molecule has 8 heteroatoms. The van der Waals surface area contributed by atoms with E-state index in [1.807, 2.05) is 43.8 Å². The maximum Gasteiger partial charge on any atom is 0.255 e. The molecule has 3 aromatic rings. The molecule has 0 spiro atoms. The van der Waals surface area contributed by atoms with Gasteiger partial charge in [0.15, 0.2) is 0 Å². The minimum atomic E-state index is -0.221. The van der Waals surface area contributed by atoms with Crippen molar-refractivity contribution in [3.05, 3.63) is 70.1 Å². The molecule has 1 aromatic heterocycles. The van der Waals surface area contributed by atoms with Gasteiger partial charge in [-0.3, -0.25) is 4.79 Å². The second kappa shape index (κ2) is 9.66. The van der Waals surface area contributed by atoms with Gasteiger partial charge < -0.3 is 19.5 Å². The first-order chi connectivity index (χ1) is 15.0. The predicted molar refractivity (Wildman–Crippen MR) is 126 cm³/mol. The summed E-state index contributed by atoms with van der Waals surface area (Å²) in [4.78, 5) is 15.0. The number of ether oxygens (including phenoxy) is 1. The van der Waals surface area contributed by atoms with Crippen molar-refractivity contribution in [1.82, 2.24) is 5.16 Å². The van der Waals surface area contributed by atoms with Crippen LogP contribution >= 0.6 is 23.4 Å². The van der Waals surface area contributed by atoms with Crippen LogP contribution < -0.4 is 15.0 Å². The smallest absolute Gasteiger partial charge is 0.255 e. The first-order valence-corrected chi connectivity index (χ1v) is 11.6. The van der Waals surface area contributed by atoms with E-state index in [4.69, 9.17) is 20.9 Å². The number of nitrogens with zero attached hydrogens (tertiary/aromatic N) is 2. The molecule has 162 valence electrons. The van der Waals surface area contributed by atoms with Gasteiger partial charge in [-0.1, -0.05) is 22.8 Å². The number of amides is 1. The van der Waals surface area contributed by atoms with Gasteiger partial charge in [0.2, 0.25) is 0 Å². The van der Waals surface area contributed by atoms with Crippen LogP contribution in [0, 0.1) is 13.8 Å². The van der Waals surface area contributed by atoms with E-state index >= 15 is 0 Å². The summed E-state index contributed by atoms with van der Waals surface area (Å²) in [5.41, 5.74) is 3.89. The van der Waals surface area contributed by atoms with Crippen molar-refractivity contribution in [2.75, 3.05) is 34.8 Å². The minimum absolute atomic E-state index is 0.221. The number of aryl methyl sites for hydroxylation is 2. The summed E-state index contributed by atoms with van der Waals surface area (Å²) in [5, 5.41) is 7.49. The predicted octanol–water partition coefficient (Wildman–Crippen LogP) is 5.33. The van der Waals surface area contributed by atoms with Crippen molar-refractivity contribution in [1.29, 1.82) is 0 Å². The molecular formula is C23H24ClN3O3S. The van der Waals surface area contributed by atoms with E-state index in [1.165, 1.54) is 0 Å². The summed E-state index contributed by atoms with van der Waals surface area (Å²) in [6.45, 7) is 6.02. The lowest BCUT2D eigenvalue weighted by Gasteiger charge is -2.29. The highest BCUT2D eigenvalue weighted by Gasteiger charge is 2.16. The summed E-state index contributed by atoms with van der Waals surface area (Å²) in [6, 6.07) is 12.7.